The highest BCUT2D eigenvalue weighted by atomic mass is 16.2. The van der Waals surface area contributed by atoms with Gasteiger partial charge in [0, 0.05) is 54.6 Å². The predicted octanol–water partition coefficient (Wildman–Crippen LogP) is 10.7. The summed E-state index contributed by atoms with van der Waals surface area (Å²) < 4.78 is 0. The second-order valence-electron chi connectivity index (χ2n) is 15.0. The van der Waals surface area contributed by atoms with Crippen LogP contribution in [-0.4, -0.2) is 33.6 Å². The molecule has 9 aromatic carbocycles. The second-order valence-corrected chi connectivity index (χ2v) is 15.0. The van der Waals surface area contributed by atoms with Crippen molar-refractivity contribution in [1.82, 2.24) is 9.97 Å². The first-order valence-corrected chi connectivity index (χ1v) is 19.0. The van der Waals surface area contributed by atoms with E-state index >= 15 is 0 Å². The van der Waals surface area contributed by atoms with Gasteiger partial charge in [0.25, 0.3) is 23.6 Å². The molecule has 0 unspecified atom stereocenters. The number of carbonyl (C=O) groups is 4. The van der Waals surface area contributed by atoms with Crippen LogP contribution in [0.1, 0.15) is 41.4 Å². The van der Waals surface area contributed by atoms with Gasteiger partial charge in [-0.05, 0) is 80.8 Å². The number of fused-ring (bicyclic) bond motifs is 6. The fraction of sp³-hybridized carbons (Fsp3) is 0. The maximum Gasteiger partial charge on any atom is 0.266 e. The lowest BCUT2D eigenvalue weighted by Crippen LogP contribution is -2.41. The van der Waals surface area contributed by atoms with Gasteiger partial charge in [-0.15, -0.1) is 0 Å². The summed E-state index contributed by atoms with van der Waals surface area (Å²) in [4.78, 5) is 71.4. The molecule has 0 bridgehead atoms. The fourth-order valence-corrected chi connectivity index (χ4v) is 9.79. The van der Waals surface area contributed by atoms with Crippen molar-refractivity contribution in [2.45, 2.75) is 0 Å². The normalized spacial score (nSPS) is 14.3. The zero-order valence-corrected chi connectivity index (χ0v) is 30.3. The molecule has 8 heteroatoms. The van der Waals surface area contributed by atoms with E-state index in [-0.39, 0.29) is 0 Å². The Morgan fingerprint density at radius 3 is 0.810 bits per heavy atom. The zero-order valence-electron chi connectivity index (χ0n) is 30.3. The Morgan fingerprint density at radius 1 is 0.276 bits per heavy atom. The van der Waals surface area contributed by atoms with Crippen molar-refractivity contribution < 1.29 is 19.2 Å². The van der Waals surface area contributed by atoms with Crippen molar-refractivity contribution in [3.63, 3.8) is 0 Å². The van der Waals surface area contributed by atoms with Crippen LogP contribution < -0.4 is 9.80 Å². The van der Waals surface area contributed by atoms with E-state index < -0.39 is 23.6 Å². The summed E-state index contributed by atoms with van der Waals surface area (Å²) in [6.45, 7) is 0. The molecule has 2 aliphatic rings. The van der Waals surface area contributed by atoms with Gasteiger partial charge >= 0.3 is 0 Å². The molecule has 4 amide bonds. The first-order chi connectivity index (χ1) is 28.5. The van der Waals surface area contributed by atoms with E-state index in [9.17, 15) is 19.2 Å². The molecule has 2 aromatic heterocycles. The Labute approximate surface area is 327 Å². The minimum absolute atomic E-state index is 0.411. The molecular weight excluding hydrogens is 721 g/mol. The quantitative estimate of drug-likeness (QED) is 0.0992. The van der Waals surface area contributed by atoms with Gasteiger partial charge in [-0.25, -0.2) is 19.8 Å². The van der Waals surface area contributed by atoms with E-state index in [0.717, 1.165) is 32.3 Å². The molecule has 0 saturated carbocycles. The molecule has 58 heavy (non-hydrogen) atoms. The van der Waals surface area contributed by atoms with Gasteiger partial charge in [-0.2, -0.15) is 0 Å². The number of para-hydroxylation sites is 4. The van der Waals surface area contributed by atoms with Crippen molar-refractivity contribution in [1.29, 1.82) is 0 Å². The van der Waals surface area contributed by atoms with Crippen LogP contribution >= 0.6 is 0 Å². The van der Waals surface area contributed by atoms with E-state index in [2.05, 4.69) is 0 Å². The maximum absolute atomic E-state index is 14.8. The van der Waals surface area contributed by atoms with E-state index in [0.29, 0.717) is 88.0 Å². The van der Waals surface area contributed by atoms with Crippen LogP contribution in [0.3, 0.4) is 0 Å². The number of anilines is 2. The number of amides is 4. The number of nitrogens with zero attached hydrogens (tertiary/aromatic N) is 4. The standard InChI is InChI=1S/C50H24N4O4/c55-47-33-21-17-25-27-19-23-35-44-36(50(58)54(49(35)57)46-31-11-3-7-15-39(31)52-40-16-8-4-12-32(40)46)24-20-28(42(27)44)26-18-22-34(43(33)41(25)26)48(56)53(47)45-29-9-1-5-13-37(29)51-38-14-6-2-10-30(38)45/h1-24H. The number of carbonyl (C=O) groups excluding carboxylic acids is 4. The molecule has 13 rings (SSSR count). The van der Waals surface area contributed by atoms with Gasteiger partial charge in [-0.1, -0.05) is 97.1 Å². The van der Waals surface area contributed by atoms with Crippen LogP contribution in [0.2, 0.25) is 0 Å². The molecule has 8 nitrogen and oxygen atoms in total. The number of rotatable bonds is 2. The minimum Gasteiger partial charge on any atom is -0.268 e. The average Bonchev–Trinajstić information content (AvgIpc) is 3.26. The van der Waals surface area contributed by atoms with Gasteiger partial charge in [-0.3, -0.25) is 19.2 Å². The number of aromatic nitrogens is 2. The predicted molar refractivity (Wildman–Crippen MR) is 228 cm³/mol. The van der Waals surface area contributed by atoms with Gasteiger partial charge < -0.3 is 0 Å². The summed E-state index contributed by atoms with van der Waals surface area (Å²) in [7, 11) is 0. The lowest BCUT2D eigenvalue weighted by Gasteiger charge is -2.31. The Bertz CT molecular complexity index is 3320. The third kappa shape index (κ3) is 3.74. The summed E-state index contributed by atoms with van der Waals surface area (Å²) in [5, 5.41) is 8.92. The van der Waals surface area contributed by atoms with Crippen LogP contribution in [0, 0.1) is 0 Å². The Kier molecular flexibility index (Phi) is 5.80. The van der Waals surface area contributed by atoms with Crippen LogP contribution in [0.25, 0.3) is 86.7 Å². The highest BCUT2D eigenvalue weighted by Gasteiger charge is 2.39. The average molecular weight is 745 g/mol. The van der Waals surface area contributed by atoms with Crippen molar-refractivity contribution >= 4 is 122 Å². The molecule has 11 aromatic rings. The van der Waals surface area contributed by atoms with Gasteiger partial charge in [0.1, 0.15) is 0 Å². The first-order valence-electron chi connectivity index (χ1n) is 19.0. The summed E-state index contributed by atoms with van der Waals surface area (Å²) in [6, 6.07) is 45.2. The summed E-state index contributed by atoms with van der Waals surface area (Å²) >= 11 is 0. The van der Waals surface area contributed by atoms with Crippen molar-refractivity contribution in [3.05, 3.63) is 168 Å². The lowest BCUT2D eigenvalue weighted by atomic mass is 9.82. The maximum atomic E-state index is 14.8. The molecule has 0 fully saturated rings. The van der Waals surface area contributed by atoms with Crippen molar-refractivity contribution in [2.24, 2.45) is 0 Å². The van der Waals surface area contributed by atoms with E-state index in [1.807, 2.05) is 121 Å². The molecule has 0 N–H and O–H groups in total. The highest BCUT2D eigenvalue weighted by molar-refractivity contribution is 6.46. The topological polar surface area (TPSA) is 101 Å². The van der Waals surface area contributed by atoms with Crippen molar-refractivity contribution in [3.8, 4) is 0 Å². The number of hydrogen-bond donors (Lipinski definition) is 0. The zero-order chi connectivity index (χ0) is 38.6. The molecule has 0 atom stereocenters. The Hall–Kier alpha value is -8.10. The van der Waals surface area contributed by atoms with Gasteiger partial charge in [0.2, 0.25) is 0 Å². The van der Waals surface area contributed by atoms with Gasteiger partial charge in [0.05, 0.1) is 33.4 Å². The summed E-state index contributed by atoms with van der Waals surface area (Å²) in [5.41, 5.74) is 5.46. The lowest BCUT2D eigenvalue weighted by molar-refractivity contribution is 0.0878. The summed E-state index contributed by atoms with van der Waals surface area (Å²) in [5.74, 6) is -1.64. The Morgan fingerprint density at radius 2 is 0.534 bits per heavy atom. The fourth-order valence-electron chi connectivity index (χ4n) is 9.79. The third-order valence-corrected chi connectivity index (χ3v) is 12.2. The molecule has 0 aliphatic carbocycles. The van der Waals surface area contributed by atoms with E-state index in [1.54, 1.807) is 24.3 Å². The van der Waals surface area contributed by atoms with E-state index in [4.69, 9.17) is 9.97 Å². The van der Waals surface area contributed by atoms with Crippen LogP contribution in [0.5, 0.6) is 0 Å². The Balaban J connectivity index is 1.04. The van der Waals surface area contributed by atoms with Crippen LogP contribution in [-0.2, 0) is 0 Å². The number of imide groups is 2. The molecule has 0 saturated heterocycles. The highest BCUT2D eigenvalue weighted by Crippen LogP contribution is 2.48. The van der Waals surface area contributed by atoms with Crippen molar-refractivity contribution in [2.75, 3.05) is 9.80 Å². The molecule has 2 aliphatic heterocycles. The van der Waals surface area contributed by atoms with Crippen LogP contribution in [0.15, 0.2) is 146 Å². The molecule has 4 heterocycles. The molecule has 268 valence electrons. The smallest absolute Gasteiger partial charge is 0.266 e. The summed E-state index contributed by atoms with van der Waals surface area (Å²) in [6.07, 6.45) is 0. The third-order valence-electron chi connectivity index (χ3n) is 12.2. The number of benzene rings is 9. The first kappa shape index (κ1) is 31.1. The SMILES string of the molecule is O=C1c2ccc3c4ccc5c6c(ccc(c7ccc(c2c37)C(=O)N1c1c2ccccc2nc2ccccc12)c64)C(=O)N(c1c2ccccc2nc2ccccc12)C5=O. The molecule has 0 spiro atoms. The molecular formula is C50H24N4O4. The van der Waals surface area contributed by atoms with Gasteiger partial charge in [0.15, 0.2) is 0 Å². The van der Waals surface area contributed by atoms with Crippen LogP contribution in [0.4, 0.5) is 11.4 Å². The van der Waals surface area contributed by atoms with E-state index in [1.165, 1.54) is 9.80 Å². The molecule has 0 radical (unpaired) electrons. The largest absolute Gasteiger partial charge is 0.268 e. The number of hydrogen-bond acceptors (Lipinski definition) is 6. The minimum atomic E-state index is -0.411. The number of pyridine rings is 2. The second kappa shape index (κ2) is 10.8. The monoisotopic (exact) mass is 744 g/mol.